The van der Waals surface area contributed by atoms with Gasteiger partial charge in [-0.05, 0) is 30.3 Å². The van der Waals surface area contributed by atoms with Crippen LogP contribution in [0, 0.1) is 0 Å². The van der Waals surface area contributed by atoms with E-state index >= 15 is 0 Å². The SMILES string of the molecule is O=C(CNC(=O)c1ccc(Cl)cc1Cl)OCCOc1c(Cl)cccc1Cl. The first kappa shape index (κ1) is 20.6. The Hall–Kier alpha value is -1.66. The van der Waals surface area contributed by atoms with Crippen molar-refractivity contribution in [3.63, 3.8) is 0 Å². The molecule has 0 fully saturated rings. The molecule has 0 saturated heterocycles. The van der Waals surface area contributed by atoms with Gasteiger partial charge in [0.15, 0.2) is 5.75 Å². The summed E-state index contributed by atoms with van der Waals surface area (Å²) in [6, 6.07) is 9.38. The third-order valence-corrected chi connectivity index (χ3v) is 4.22. The van der Waals surface area contributed by atoms with Gasteiger partial charge in [-0.25, -0.2) is 0 Å². The van der Waals surface area contributed by atoms with Crippen molar-refractivity contribution in [3.05, 3.63) is 62.1 Å². The molecule has 0 aliphatic carbocycles. The molecule has 0 atom stereocenters. The molecule has 0 unspecified atom stereocenters. The first-order valence-electron chi connectivity index (χ1n) is 7.34. The molecule has 138 valence electrons. The minimum Gasteiger partial charge on any atom is -0.487 e. The van der Waals surface area contributed by atoms with E-state index in [4.69, 9.17) is 55.9 Å². The average Bonchev–Trinajstić information content (AvgIpc) is 2.58. The van der Waals surface area contributed by atoms with Gasteiger partial charge in [0.05, 0.1) is 20.6 Å². The highest BCUT2D eigenvalue weighted by Crippen LogP contribution is 2.32. The van der Waals surface area contributed by atoms with Crippen LogP contribution < -0.4 is 10.1 Å². The number of hydrogen-bond acceptors (Lipinski definition) is 4. The molecular formula is C17H13Cl4NO4. The lowest BCUT2D eigenvalue weighted by Crippen LogP contribution is -2.31. The molecule has 2 aromatic rings. The van der Waals surface area contributed by atoms with Gasteiger partial charge in [-0.3, -0.25) is 9.59 Å². The van der Waals surface area contributed by atoms with Crippen molar-refractivity contribution in [1.82, 2.24) is 5.32 Å². The molecule has 0 saturated carbocycles. The fraction of sp³-hybridized carbons (Fsp3) is 0.176. The molecule has 2 aromatic carbocycles. The van der Waals surface area contributed by atoms with E-state index in [9.17, 15) is 9.59 Å². The topological polar surface area (TPSA) is 64.6 Å². The number of halogens is 4. The monoisotopic (exact) mass is 435 g/mol. The Morgan fingerprint density at radius 3 is 2.27 bits per heavy atom. The first-order valence-corrected chi connectivity index (χ1v) is 8.85. The molecule has 9 heteroatoms. The highest BCUT2D eigenvalue weighted by molar-refractivity contribution is 6.37. The number of nitrogens with one attached hydrogen (secondary N) is 1. The molecule has 0 heterocycles. The summed E-state index contributed by atoms with van der Waals surface area (Å²) in [6.45, 7) is -0.283. The molecule has 0 aliphatic heterocycles. The third-order valence-electron chi connectivity index (χ3n) is 3.08. The second-order valence-corrected chi connectivity index (χ2v) is 6.58. The van der Waals surface area contributed by atoms with Crippen LogP contribution in [0.15, 0.2) is 36.4 Å². The number of amides is 1. The number of esters is 1. The number of rotatable bonds is 7. The fourth-order valence-electron chi connectivity index (χ4n) is 1.89. The molecule has 0 bridgehead atoms. The van der Waals surface area contributed by atoms with Crippen LogP contribution in [0.3, 0.4) is 0 Å². The van der Waals surface area contributed by atoms with Crippen LogP contribution in [0.5, 0.6) is 5.75 Å². The van der Waals surface area contributed by atoms with E-state index in [0.717, 1.165) is 0 Å². The van der Waals surface area contributed by atoms with Gasteiger partial charge in [0.2, 0.25) is 0 Å². The number of carbonyl (C=O) groups is 2. The summed E-state index contributed by atoms with van der Waals surface area (Å²) >= 11 is 23.6. The number of benzene rings is 2. The lowest BCUT2D eigenvalue weighted by Gasteiger charge is -2.10. The maximum absolute atomic E-state index is 12.0. The predicted octanol–water partition coefficient (Wildman–Crippen LogP) is 4.65. The van der Waals surface area contributed by atoms with Crippen molar-refractivity contribution >= 4 is 58.3 Å². The van der Waals surface area contributed by atoms with Crippen LogP contribution in [0.1, 0.15) is 10.4 Å². The van der Waals surface area contributed by atoms with E-state index < -0.39 is 11.9 Å². The summed E-state index contributed by atoms with van der Waals surface area (Å²) in [4.78, 5) is 23.6. The Morgan fingerprint density at radius 1 is 0.923 bits per heavy atom. The normalized spacial score (nSPS) is 10.3. The van der Waals surface area contributed by atoms with Gasteiger partial charge in [-0.15, -0.1) is 0 Å². The summed E-state index contributed by atoms with van der Waals surface area (Å²) in [6.07, 6.45) is 0. The smallest absolute Gasteiger partial charge is 0.325 e. The highest BCUT2D eigenvalue weighted by atomic mass is 35.5. The van der Waals surface area contributed by atoms with Crippen molar-refractivity contribution < 1.29 is 19.1 Å². The van der Waals surface area contributed by atoms with Gasteiger partial charge < -0.3 is 14.8 Å². The van der Waals surface area contributed by atoms with Crippen molar-refractivity contribution in [1.29, 1.82) is 0 Å². The Morgan fingerprint density at radius 2 is 1.62 bits per heavy atom. The van der Waals surface area contributed by atoms with Gasteiger partial charge in [-0.2, -0.15) is 0 Å². The molecule has 26 heavy (non-hydrogen) atoms. The minimum atomic E-state index is -0.628. The second kappa shape index (κ2) is 9.88. The van der Waals surface area contributed by atoms with Crippen LogP contribution in [0.4, 0.5) is 0 Å². The van der Waals surface area contributed by atoms with Crippen LogP contribution >= 0.6 is 46.4 Å². The van der Waals surface area contributed by atoms with Crippen molar-refractivity contribution in [2.45, 2.75) is 0 Å². The molecule has 0 aromatic heterocycles. The van der Waals surface area contributed by atoms with E-state index in [1.54, 1.807) is 18.2 Å². The zero-order chi connectivity index (χ0) is 19.1. The van der Waals surface area contributed by atoms with Crippen molar-refractivity contribution in [2.75, 3.05) is 19.8 Å². The number of ether oxygens (including phenoxy) is 2. The number of hydrogen-bond donors (Lipinski definition) is 1. The molecule has 1 amide bonds. The Kier molecular flexibility index (Phi) is 7.85. The van der Waals surface area contributed by atoms with Crippen molar-refractivity contribution in [3.8, 4) is 5.75 Å². The zero-order valence-electron chi connectivity index (χ0n) is 13.2. The molecule has 1 N–H and O–H groups in total. The fourth-order valence-corrected chi connectivity index (χ4v) is 2.89. The van der Waals surface area contributed by atoms with E-state index in [1.807, 2.05) is 0 Å². The van der Waals surface area contributed by atoms with Crippen LogP contribution in [-0.4, -0.2) is 31.6 Å². The van der Waals surface area contributed by atoms with E-state index in [1.165, 1.54) is 18.2 Å². The van der Waals surface area contributed by atoms with Gasteiger partial charge >= 0.3 is 5.97 Å². The maximum atomic E-state index is 12.0. The quantitative estimate of drug-likeness (QED) is 0.506. The molecule has 0 radical (unpaired) electrons. The van der Waals surface area contributed by atoms with Gasteiger partial charge in [-0.1, -0.05) is 52.5 Å². The third kappa shape index (κ3) is 5.95. The number of para-hydroxylation sites is 1. The van der Waals surface area contributed by atoms with Gasteiger partial charge in [0.1, 0.15) is 19.8 Å². The summed E-state index contributed by atoms with van der Waals surface area (Å²) < 4.78 is 10.3. The largest absolute Gasteiger partial charge is 0.487 e. The molecule has 0 aliphatic rings. The standard InChI is InChI=1S/C17H13Cl4NO4/c18-10-4-5-11(14(21)8-10)17(24)22-9-15(23)25-6-7-26-16-12(19)2-1-3-13(16)20/h1-5,8H,6-7,9H2,(H,22,24). The maximum Gasteiger partial charge on any atom is 0.325 e. The van der Waals surface area contributed by atoms with E-state index in [2.05, 4.69) is 5.32 Å². The molecule has 2 rings (SSSR count). The van der Waals surface area contributed by atoms with Crippen LogP contribution in [0.25, 0.3) is 0 Å². The lowest BCUT2D eigenvalue weighted by molar-refractivity contribution is -0.143. The summed E-state index contributed by atoms with van der Waals surface area (Å²) in [7, 11) is 0. The van der Waals surface area contributed by atoms with Crippen molar-refractivity contribution in [2.24, 2.45) is 0 Å². The molecule has 5 nitrogen and oxygen atoms in total. The average molecular weight is 437 g/mol. The van der Waals surface area contributed by atoms with Gasteiger partial charge in [0.25, 0.3) is 5.91 Å². The number of carbonyl (C=O) groups excluding carboxylic acids is 2. The second-order valence-electron chi connectivity index (χ2n) is 4.93. The summed E-state index contributed by atoms with van der Waals surface area (Å²) in [5.41, 5.74) is 0.209. The first-order chi connectivity index (χ1) is 12.4. The zero-order valence-corrected chi connectivity index (χ0v) is 16.3. The predicted molar refractivity (Wildman–Crippen MR) is 102 cm³/mol. The minimum absolute atomic E-state index is 0.0298. The Labute approximate surface area is 170 Å². The van der Waals surface area contributed by atoms with Crippen LogP contribution in [-0.2, 0) is 9.53 Å². The summed E-state index contributed by atoms with van der Waals surface area (Å²) in [5.74, 6) is -0.822. The van der Waals surface area contributed by atoms with E-state index in [0.29, 0.717) is 20.8 Å². The van der Waals surface area contributed by atoms with Crippen LogP contribution in [0.2, 0.25) is 20.1 Å². The Balaban J connectivity index is 1.73. The van der Waals surface area contributed by atoms with E-state index in [-0.39, 0.29) is 30.3 Å². The van der Waals surface area contributed by atoms with Gasteiger partial charge in [0, 0.05) is 5.02 Å². The highest BCUT2D eigenvalue weighted by Gasteiger charge is 2.13. The molecular weight excluding hydrogens is 424 g/mol. The molecule has 0 spiro atoms. The Bertz CT molecular complexity index is 793. The summed E-state index contributed by atoms with van der Waals surface area (Å²) in [5, 5.41) is 3.72. The lowest BCUT2D eigenvalue weighted by atomic mass is 10.2.